The third kappa shape index (κ3) is 4.26. The fourth-order valence-corrected chi connectivity index (χ4v) is 3.04. The van der Waals surface area contributed by atoms with Crippen LogP contribution in [0.5, 0.6) is 5.75 Å². The van der Waals surface area contributed by atoms with Crippen LogP contribution in [0.4, 0.5) is 0 Å². The van der Waals surface area contributed by atoms with Gasteiger partial charge in [0.15, 0.2) is 0 Å². The predicted octanol–water partition coefficient (Wildman–Crippen LogP) is 2.34. The minimum absolute atomic E-state index is 0.107. The first kappa shape index (κ1) is 17.2. The minimum atomic E-state index is -0.236. The van der Waals surface area contributed by atoms with Crippen LogP contribution in [0.2, 0.25) is 0 Å². The van der Waals surface area contributed by atoms with Crippen molar-refractivity contribution < 1.29 is 9.53 Å². The number of hydrogen-bond acceptors (Lipinski definition) is 4. The normalized spacial score (nSPS) is 17.3. The highest BCUT2D eigenvalue weighted by Gasteiger charge is 2.25. The molecule has 0 N–H and O–H groups in total. The Bertz CT molecular complexity index is 773. The largest absolute Gasteiger partial charge is 0.492 e. The quantitative estimate of drug-likeness (QED) is 0.837. The smallest absolute Gasteiger partial charge is 0.274 e. The number of aromatic nitrogens is 2. The first-order valence-corrected chi connectivity index (χ1v) is 8.72. The van der Waals surface area contributed by atoms with Gasteiger partial charge in [-0.05, 0) is 44.4 Å². The Morgan fingerprint density at radius 3 is 2.76 bits per heavy atom. The lowest BCUT2D eigenvalue weighted by molar-refractivity contribution is 0.0626. The number of hydrogen-bond donors (Lipinski definition) is 0. The Morgan fingerprint density at radius 2 is 2.00 bits per heavy atom. The molecule has 6 heteroatoms. The topological polar surface area (TPSA) is 64.4 Å². The molecule has 0 saturated carbocycles. The van der Waals surface area contributed by atoms with E-state index in [0.717, 1.165) is 31.6 Å². The van der Waals surface area contributed by atoms with Gasteiger partial charge in [-0.25, -0.2) is 4.68 Å². The molecule has 2 heterocycles. The molecule has 3 rings (SSSR count). The zero-order chi connectivity index (χ0) is 17.6. The van der Waals surface area contributed by atoms with Gasteiger partial charge < -0.3 is 9.64 Å². The Labute approximate surface area is 147 Å². The summed E-state index contributed by atoms with van der Waals surface area (Å²) in [5.74, 6) is 0.634. The average Bonchev–Trinajstić information content (AvgIpc) is 2.64. The molecular formula is C19H23N3O3. The van der Waals surface area contributed by atoms with Crippen LogP contribution in [0.15, 0.2) is 47.3 Å². The summed E-state index contributed by atoms with van der Waals surface area (Å²) in [5.41, 5.74) is 0.0768. The van der Waals surface area contributed by atoms with Crippen LogP contribution in [0, 0.1) is 0 Å². The summed E-state index contributed by atoms with van der Waals surface area (Å²) in [5, 5.41) is 4.25. The summed E-state index contributed by atoms with van der Waals surface area (Å²) < 4.78 is 6.90. The van der Waals surface area contributed by atoms with Crippen molar-refractivity contribution in [3.8, 4) is 5.75 Å². The molecule has 1 atom stereocenters. The van der Waals surface area contributed by atoms with E-state index in [-0.39, 0.29) is 17.5 Å². The molecule has 1 aliphatic rings. The minimum Gasteiger partial charge on any atom is -0.492 e. The van der Waals surface area contributed by atoms with Crippen molar-refractivity contribution in [1.82, 2.24) is 14.7 Å². The molecule has 0 spiro atoms. The van der Waals surface area contributed by atoms with Crippen LogP contribution < -0.4 is 10.3 Å². The zero-order valence-electron chi connectivity index (χ0n) is 14.4. The van der Waals surface area contributed by atoms with Crippen LogP contribution in [-0.4, -0.2) is 39.8 Å². The van der Waals surface area contributed by atoms with E-state index in [0.29, 0.717) is 18.8 Å². The first-order valence-electron chi connectivity index (χ1n) is 8.72. The Morgan fingerprint density at radius 1 is 1.20 bits per heavy atom. The van der Waals surface area contributed by atoms with E-state index in [1.54, 1.807) is 0 Å². The van der Waals surface area contributed by atoms with Crippen molar-refractivity contribution in [3.63, 3.8) is 0 Å². The maximum atomic E-state index is 12.7. The Hall–Kier alpha value is -2.63. The van der Waals surface area contributed by atoms with Crippen LogP contribution in [0.3, 0.4) is 0 Å². The van der Waals surface area contributed by atoms with Gasteiger partial charge in [-0.1, -0.05) is 18.2 Å². The molecule has 1 fully saturated rings. The molecule has 2 aromatic rings. The average molecular weight is 341 g/mol. The Kier molecular flexibility index (Phi) is 5.48. The van der Waals surface area contributed by atoms with Crippen molar-refractivity contribution in [3.05, 3.63) is 58.5 Å². The maximum Gasteiger partial charge on any atom is 0.274 e. The zero-order valence-corrected chi connectivity index (χ0v) is 14.4. The van der Waals surface area contributed by atoms with Gasteiger partial charge in [0, 0.05) is 18.7 Å². The van der Waals surface area contributed by atoms with Crippen molar-refractivity contribution in [2.24, 2.45) is 0 Å². The number of benzene rings is 1. The van der Waals surface area contributed by atoms with Gasteiger partial charge in [-0.15, -0.1) is 0 Å². The van der Waals surface area contributed by atoms with Crippen LogP contribution in [-0.2, 0) is 6.54 Å². The van der Waals surface area contributed by atoms with Gasteiger partial charge >= 0.3 is 0 Å². The number of nitrogens with zero attached hydrogens (tertiary/aromatic N) is 3. The molecule has 6 nitrogen and oxygen atoms in total. The fourth-order valence-electron chi connectivity index (χ4n) is 3.04. The molecular weight excluding hydrogens is 318 g/mol. The molecule has 0 aliphatic carbocycles. The van der Waals surface area contributed by atoms with Crippen molar-refractivity contribution in [2.45, 2.75) is 38.8 Å². The second-order valence-corrected chi connectivity index (χ2v) is 6.28. The second-order valence-electron chi connectivity index (χ2n) is 6.28. The van der Waals surface area contributed by atoms with Gasteiger partial charge in [0.05, 0.1) is 6.54 Å². The van der Waals surface area contributed by atoms with Crippen LogP contribution in [0.25, 0.3) is 0 Å². The third-order valence-electron chi connectivity index (χ3n) is 4.46. The number of para-hydroxylation sites is 1. The molecule has 1 aromatic carbocycles. The molecule has 0 bridgehead atoms. The molecule has 1 amide bonds. The van der Waals surface area contributed by atoms with E-state index in [2.05, 4.69) is 12.0 Å². The first-order chi connectivity index (χ1) is 12.1. The van der Waals surface area contributed by atoms with Crippen LogP contribution >= 0.6 is 0 Å². The molecule has 1 aliphatic heterocycles. The van der Waals surface area contributed by atoms with E-state index in [4.69, 9.17) is 4.74 Å². The second kappa shape index (κ2) is 7.96. The number of amides is 1. The van der Waals surface area contributed by atoms with Crippen LogP contribution in [0.1, 0.15) is 36.7 Å². The molecule has 1 aromatic heterocycles. The van der Waals surface area contributed by atoms with Gasteiger partial charge in [0.25, 0.3) is 11.5 Å². The lowest BCUT2D eigenvalue weighted by Gasteiger charge is -2.33. The molecule has 0 radical (unpaired) electrons. The van der Waals surface area contributed by atoms with E-state index in [1.807, 2.05) is 35.2 Å². The summed E-state index contributed by atoms with van der Waals surface area (Å²) in [6, 6.07) is 12.5. The standard InChI is InChI=1S/C19H23N3O3/c1-15-7-5-6-12-21(15)19(24)17-10-11-18(23)22(20-17)13-14-25-16-8-3-2-4-9-16/h2-4,8-11,15H,5-7,12-14H2,1H3. The number of carbonyl (C=O) groups is 1. The summed E-state index contributed by atoms with van der Waals surface area (Å²) in [4.78, 5) is 26.5. The number of likely N-dealkylation sites (tertiary alicyclic amines) is 1. The summed E-state index contributed by atoms with van der Waals surface area (Å²) in [6.45, 7) is 3.41. The summed E-state index contributed by atoms with van der Waals surface area (Å²) in [6.07, 6.45) is 3.17. The van der Waals surface area contributed by atoms with Gasteiger partial charge in [-0.2, -0.15) is 5.10 Å². The number of ether oxygens (including phenoxy) is 1. The summed E-state index contributed by atoms with van der Waals surface area (Å²) in [7, 11) is 0. The van der Waals surface area contributed by atoms with Gasteiger partial charge in [-0.3, -0.25) is 9.59 Å². The van der Waals surface area contributed by atoms with E-state index >= 15 is 0 Å². The Balaban J connectivity index is 1.67. The molecule has 1 saturated heterocycles. The van der Waals surface area contributed by atoms with E-state index in [1.165, 1.54) is 16.8 Å². The molecule has 132 valence electrons. The number of rotatable bonds is 5. The summed E-state index contributed by atoms with van der Waals surface area (Å²) >= 11 is 0. The lowest BCUT2D eigenvalue weighted by atomic mass is 10.0. The monoisotopic (exact) mass is 341 g/mol. The van der Waals surface area contributed by atoms with Crippen molar-refractivity contribution in [2.75, 3.05) is 13.2 Å². The highest BCUT2D eigenvalue weighted by molar-refractivity contribution is 5.92. The lowest BCUT2D eigenvalue weighted by Crippen LogP contribution is -2.43. The van der Waals surface area contributed by atoms with E-state index < -0.39 is 0 Å². The number of carbonyl (C=O) groups excluding carboxylic acids is 1. The molecule has 1 unspecified atom stereocenters. The number of piperidine rings is 1. The van der Waals surface area contributed by atoms with Gasteiger partial charge in [0.1, 0.15) is 18.1 Å². The maximum absolute atomic E-state index is 12.7. The predicted molar refractivity (Wildman–Crippen MR) is 94.8 cm³/mol. The van der Waals surface area contributed by atoms with Crippen molar-refractivity contribution in [1.29, 1.82) is 0 Å². The third-order valence-corrected chi connectivity index (χ3v) is 4.46. The fraction of sp³-hybridized carbons (Fsp3) is 0.421. The van der Waals surface area contributed by atoms with E-state index in [9.17, 15) is 9.59 Å². The van der Waals surface area contributed by atoms with Crippen molar-refractivity contribution >= 4 is 5.91 Å². The highest BCUT2D eigenvalue weighted by Crippen LogP contribution is 2.18. The highest BCUT2D eigenvalue weighted by atomic mass is 16.5. The SMILES string of the molecule is CC1CCCCN1C(=O)c1ccc(=O)n(CCOc2ccccc2)n1. The molecule has 25 heavy (non-hydrogen) atoms. The van der Waals surface area contributed by atoms with Gasteiger partial charge in [0.2, 0.25) is 0 Å².